The largest absolute Gasteiger partial charge is 0.481 e. The second-order valence-corrected chi connectivity index (χ2v) is 5.74. The van der Waals surface area contributed by atoms with Gasteiger partial charge in [0.2, 0.25) is 5.91 Å². The summed E-state index contributed by atoms with van der Waals surface area (Å²) in [6.45, 7) is 2.05. The summed E-state index contributed by atoms with van der Waals surface area (Å²) in [6.07, 6.45) is 5.60. The summed E-state index contributed by atoms with van der Waals surface area (Å²) < 4.78 is 0. The first-order valence-electron chi connectivity index (χ1n) is 6.78. The smallest absolute Gasteiger partial charge is 0.311 e. The van der Waals surface area contributed by atoms with Gasteiger partial charge < -0.3 is 15.7 Å². The second kappa shape index (κ2) is 5.26. The molecule has 2 rings (SSSR count). The fraction of sp³-hybridized carbons (Fsp3) is 0.846. The lowest BCUT2D eigenvalue weighted by Crippen LogP contribution is -2.53. The fourth-order valence-electron chi connectivity index (χ4n) is 2.59. The zero-order valence-electron chi connectivity index (χ0n) is 10.9. The van der Waals surface area contributed by atoms with Gasteiger partial charge in [0, 0.05) is 12.1 Å². The van der Waals surface area contributed by atoms with Crippen LogP contribution in [0.15, 0.2) is 0 Å². The Kier molecular flexibility index (Phi) is 3.90. The van der Waals surface area contributed by atoms with E-state index in [1.165, 1.54) is 0 Å². The maximum absolute atomic E-state index is 11.8. The van der Waals surface area contributed by atoms with Gasteiger partial charge in [0.15, 0.2) is 0 Å². The third-order valence-corrected chi connectivity index (χ3v) is 4.16. The van der Waals surface area contributed by atoms with Crippen molar-refractivity contribution in [3.8, 4) is 0 Å². The first-order valence-corrected chi connectivity index (χ1v) is 6.78. The molecular formula is C13H22N2O3. The number of carbonyl (C=O) groups excluding carboxylic acids is 1. The van der Waals surface area contributed by atoms with E-state index in [1.54, 1.807) is 6.92 Å². The highest BCUT2D eigenvalue weighted by Gasteiger charge is 2.43. The third-order valence-electron chi connectivity index (χ3n) is 4.16. The lowest BCUT2D eigenvalue weighted by Gasteiger charge is -2.38. The Balaban J connectivity index is 1.87. The Hall–Kier alpha value is -1.10. The quantitative estimate of drug-likeness (QED) is 0.681. The van der Waals surface area contributed by atoms with Gasteiger partial charge in [-0.3, -0.25) is 9.59 Å². The highest BCUT2D eigenvalue weighted by molar-refractivity contribution is 5.81. The number of aliphatic carboxylic acids is 1. The van der Waals surface area contributed by atoms with Gasteiger partial charge in [-0.1, -0.05) is 12.8 Å². The molecule has 0 heterocycles. The van der Waals surface area contributed by atoms with E-state index in [0.717, 1.165) is 32.1 Å². The molecular weight excluding hydrogens is 232 g/mol. The summed E-state index contributed by atoms with van der Waals surface area (Å²) in [4.78, 5) is 23.2. The molecule has 5 heteroatoms. The monoisotopic (exact) mass is 254 g/mol. The molecule has 0 aromatic heterocycles. The van der Waals surface area contributed by atoms with E-state index in [-0.39, 0.29) is 11.9 Å². The number of hydrogen-bond donors (Lipinski definition) is 3. The summed E-state index contributed by atoms with van der Waals surface area (Å²) in [5.74, 6) is -0.885. The Morgan fingerprint density at radius 2 is 2.00 bits per heavy atom. The molecule has 102 valence electrons. The molecule has 0 radical (unpaired) electrons. The molecule has 0 bridgehead atoms. The van der Waals surface area contributed by atoms with Gasteiger partial charge in [-0.2, -0.15) is 0 Å². The van der Waals surface area contributed by atoms with Gasteiger partial charge in [0.1, 0.15) is 0 Å². The van der Waals surface area contributed by atoms with Crippen LogP contribution in [0.2, 0.25) is 0 Å². The minimum absolute atomic E-state index is 0.0822. The second-order valence-electron chi connectivity index (χ2n) is 5.74. The van der Waals surface area contributed by atoms with Crippen molar-refractivity contribution in [2.24, 2.45) is 5.41 Å². The highest BCUT2D eigenvalue weighted by atomic mass is 16.4. The molecule has 0 aromatic carbocycles. The SMILES string of the molecule is CC1(C(=O)O)CCCCC1NC(=O)CNC1CC1. The van der Waals surface area contributed by atoms with Gasteiger partial charge in [0.05, 0.1) is 12.0 Å². The predicted octanol–water partition coefficient (Wildman–Crippen LogP) is 0.888. The molecule has 0 spiro atoms. The minimum atomic E-state index is -0.812. The van der Waals surface area contributed by atoms with Crippen molar-refractivity contribution in [2.45, 2.75) is 57.5 Å². The fourth-order valence-corrected chi connectivity index (χ4v) is 2.59. The van der Waals surface area contributed by atoms with Crippen LogP contribution in [0.5, 0.6) is 0 Å². The van der Waals surface area contributed by atoms with E-state index < -0.39 is 11.4 Å². The van der Waals surface area contributed by atoms with Crippen LogP contribution in [0.25, 0.3) is 0 Å². The first kappa shape index (κ1) is 13.3. The average molecular weight is 254 g/mol. The van der Waals surface area contributed by atoms with Crippen LogP contribution in [0, 0.1) is 5.41 Å². The van der Waals surface area contributed by atoms with E-state index in [9.17, 15) is 14.7 Å². The zero-order valence-corrected chi connectivity index (χ0v) is 10.9. The molecule has 0 saturated heterocycles. The number of amides is 1. The standard InChI is InChI=1S/C13H22N2O3/c1-13(12(17)18)7-3-2-4-10(13)15-11(16)8-14-9-5-6-9/h9-10,14H,2-8H2,1H3,(H,15,16)(H,17,18). The molecule has 2 aliphatic rings. The Morgan fingerprint density at radius 3 is 2.61 bits per heavy atom. The lowest BCUT2D eigenvalue weighted by atomic mass is 9.71. The van der Waals surface area contributed by atoms with E-state index in [4.69, 9.17) is 0 Å². The molecule has 5 nitrogen and oxygen atoms in total. The maximum Gasteiger partial charge on any atom is 0.311 e. The van der Waals surface area contributed by atoms with Crippen molar-refractivity contribution in [3.05, 3.63) is 0 Å². The average Bonchev–Trinajstić information content (AvgIpc) is 3.13. The Bertz CT molecular complexity index is 341. The van der Waals surface area contributed by atoms with Crippen molar-refractivity contribution in [3.63, 3.8) is 0 Å². The van der Waals surface area contributed by atoms with Crippen LogP contribution in [0.3, 0.4) is 0 Å². The van der Waals surface area contributed by atoms with Crippen molar-refractivity contribution < 1.29 is 14.7 Å². The van der Waals surface area contributed by atoms with E-state index in [1.807, 2.05) is 0 Å². The van der Waals surface area contributed by atoms with Gasteiger partial charge in [-0.05, 0) is 32.6 Å². The Labute approximate surface area is 107 Å². The van der Waals surface area contributed by atoms with Crippen molar-refractivity contribution >= 4 is 11.9 Å². The third kappa shape index (κ3) is 3.02. The molecule has 2 aliphatic carbocycles. The van der Waals surface area contributed by atoms with Crippen molar-refractivity contribution in [2.75, 3.05) is 6.54 Å². The molecule has 0 aromatic rings. The van der Waals surface area contributed by atoms with Crippen LogP contribution in [-0.4, -0.2) is 35.6 Å². The molecule has 0 aliphatic heterocycles. The van der Waals surface area contributed by atoms with E-state index in [0.29, 0.717) is 19.0 Å². The maximum atomic E-state index is 11.8. The molecule has 3 N–H and O–H groups in total. The van der Waals surface area contributed by atoms with Gasteiger partial charge >= 0.3 is 5.97 Å². The van der Waals surface area contributed by atoms with Gasteiger partial charge in [-0.15, -0.1) is 0 Å². The Morgan fingerprint density at radius 1 is 1.28 bits per heavy atom. The number of carboxylic acids is 1. The summed E-state index contributed by atoms with van der Waals surface area (Å²) in [5, 5.41) is 15.4. The van der Waals surface area contributed by atoms with Crippen LogP contribution < -0.4 is 10.6 Å². The van der Waals surface area contributed by atoms with Crippen molar-refractivity contribution in [1.82, 2.24) is 10.6 Å². The van der Waals surface area contributed by atoms with Gasteiger partial charge in [0.25, 0.3) is 0 Å². The molecule has 2 unspecified atom stereocenters. The topological polar surface area (TPSA) is 78.4 Å². The van der Waals surface area contributed by atoms with Gasteiger partial charge in [-0.25, -0.2) is 0 Å². The first-order chi connectivity index (χ1) is 8.52. The van der Waals surface area contributed by atoms with Crippen LogP contribution in [0.4, 0.5) is 0 Å². The summed E-state index contributed by atoms with van der Waals surface area (Å²) in [6, 6.07) is 0.255. The number of rotatable bonds is 5. The molecule has 2 fully saturated rings. The molecule has 2 saturated carbocycles. The van der Waals surface area contributed by atoms with Crippen LogP contribution in [0.1, 0.15) is 45.4 Å². The minimum Gasteiger partial charge on any atom is -0.481 e. The van der Waals surface area contributed by atoms with E-state index >= 15 is 0 Å². The number of carboxylic acid groups (broad SMARTS) is 1. The van der Waals surface area contributed by atoms with Crippen molar-refractivity contribution in [1.29, 1.82) is 0 Å². The molecule has 1 amide bonds. The van der Waals surface area contributed by atoms with Crippen LogP contribution in [-0.2, 0) is 9.59 Å². The number of hydrogen-bond acceptors (Lipinski definition) is 3. The van der Waals surface area contributed by atoms with E-state index in [2.05, 4.69) is 10.6 Å². The zero-order chi connectivity index (χ0) is 13.2. The normalized spacial score (nSPS) is 31.9. The predicted molar refractivity (Wildman–Crippen MR) is 67.2 cm³/mol. The highest BCUT2D eigenvalue weighted by Crippen LogP contribution is 2.36. The number of nitrogens with one attached hydrogen (secondary N) is 2. The summed E-state index contributed by atoms with van der Waals surface area (Å²) in [7, 11) is 0. The summed E-state index contributed by atoms with van der Waals surface area (Å²) >= 11 is 0. The number of carbonyl (C=O) groups is 2. The summed E-state index contributed by atoms with van der Waals surface area (Å²) in [5.41, 5.74) is -0.812. The lowest BCUT2D eigenvalue weighted by molar-refractivity contribution is -0.152. The molecule has 2 atom stereocenters. The van der Waals surface area contributed by atoms with Crippen LogP contribution >= 0.6 is 0 Å². The molecule has 18 heavy (non-hydrogen) atoms.